The molecule has 1 N–H and O–H groups in total. The third kappa shape index (κ3) is 7.93. The molecule has 2 radical (unpaired) electrons. The predicted molar refractivity (Wildman–Crippen MR) is 223 cm³/mol. The number of ether oxygens (including phenoxy) is 1. The molecule has 3 heterocycles. The molecule has 1 aliphatic carbocycles. The molecule has 3 aromatic carbocycles. The number of allylic oxidation sites excluding steroid dienone is 1. The zero-order valence-corrected chi connectivity index (χ0v) is 33.9. The first-order valence-electron chi connectivity index (χ1n) is 18.7. The molecule has 0 saturated carbocycles. The molecule has 1 aliphatic heterocycles. The predicted octanol–water partition coefficient (Wildman–Crippen LogP) is 7.97. The summed E-state index contributed by atoms with van der Waals surface area (Å²) in [4.78, 5) is 26.6. The van der Waals surface area contributed by atoms with Gasteiger partial charge in [0.1, 0.15) is 25.0 Å². The second-order valence-corrected chi connectivity index (χ2v) is 18.0. The number of aromatic amines is 1. The number of carbonyl (C=O) groups is 1. The largest absolute Gasteiger partial charge is 0.455 e. The number of aromatic nitrogens is 2. The number of benzene rings is 3. The molecule has 2 aromatic heterocycles. The van der Waals surface area contributed by atoms with E-state index in [2.05, 4.69) is 45.7 Å². The SMILES string of the molecule is [B]c1cc(C)c(S(=O)(=O)N(C)C(=O)c2ccc(N3CCN(CC4=C(c5ccc(Cl)cc5)CC(C)(C)CC4)CC3)cc2Oc2cnc3[nH]ccc3c2)c(C)c1C. The molecule has 0 spiro atoms. The Morgan fingerprint density at radius 2 is 1.73 bits per heavy atom. The van der Waals surface area contributed by atoms with Gasteiger partial charge in [-0.2, -0.15) is 0 Å². The first-order chi connectivity index (χ1) is 26.1. The van der Waals surface area contributed by atoms with Crippen molar-refractivity contribution in [3.05, 3.63) is 111 Å². The van der Waals surface area contributed by atoms with Gasteiger partial charge >= 0.3 is 0 Å². The number of aryl methyl sites for hydroxylation is 1. The van der Waals surface area contributed by atoms with Crippen molar-refractivity contribution in [2.75, 3.05) is 44.7 Å². The molecule has 0 bridgehead atoms. The third-order valence-corrected chi connectivity index (χ3v) is 13.6. The Morgan fingerprint density at radius 3 is 2.45 bits per heavy atom. The summed E-state index contributed by atoms with van der Waals surface area (Å²) >= 11 is 6.24. The summed E-state index contributed by atoms with van der Waals surface area (Å²) in [7, 11) is 3.17. The van der Waals surface area contributed by atoms with Crippen molar-refractivity contribution in [1.82, 2.24) is 19.2 Å². The first-order valence-corrected chi connectivity index (χ1v) is 20.5. The molecule has 1 amide bonds. The Hall–Kier alpha value is -4.58. The summed E-state index contributed by atoms with van der Waals surface area (Å²) in [5.41, 5.74) is 8.30. The number of piperazine rings is 1. The lowest BCUT2D eigenvalue weighted by atomic mass is 9.72. The van der Waals surface area contributed by atoms with E-state index in [-0.39, 0.29) is 21.6 Å². The molecule has 0 atom stereocenters. The zero-order valence-electron chi connectivity index (χ0n) is 32.4. The number of sulfonamides is 1. The number of H-pyrrole nitrogens is 1. The minimum absolute atomic E-state index is 0.0714. The van der Waals surface area contributed by atoms with Gasteiger partial charge in [-0.05, 0) is 104 Å². The highest BCUT2D eigenvalue weighted by Gasteiger charge is 2.33. The molecule has 5 aromatic rings. The maximum Gasteiger partial charge on any atom is 0.271 e. The Bertz CT molecular complexity index is 2420. The molecular weight excluding hydrogens is 729 g/mol. The number of fused-ring (bicyclic) bond motifs is 1. The van der Waals surface area contributed by atoms with Gasteiger partial charge < -0.3 is 14.6 Å². The van der Waals surface area contributed by atoms with E-state index in [0.717, 1.165) is 72.4 Å². The van der Waals surface area contributed by atoms with E-state index in [0.29, 0.717) is 33.5 Å². The number of hydrogen-bond donors (Lipinski definition) is 1. The van der Waals surface area contributed by atoms with Gasteiger partial charge in [0.2, 0.25) is 0 Å². The van der Waals surface area contributed by atoms with Crippen molar-refractivity contribution in [2.24, 2.45) is 5.41 Å². The molecule has 12 heteroatoms. The summed E-state index contributed by atoms with van der Waals surface area (Å²) in [6.45, 7) is 14.1. The highest BCUT2D eigenvalue weighted by Crippen LogP contribution is 2.43. The Morgan fingerprint density at radius 1 is 1.00 bits per heavy atom. The third-order valence-electron chi connectivity index (χ3n) is 11.3. The lowest BCUT2D eigenvalue weighted by Gasteiger charge is -2.39. The van der Waals surface area contributed by atoms with Crippen LogP contribution in [0.15, 0.2) is 83.5 Å². The number of hydrogen-bond acceptors (Lipinski definition) is 7. The van der Waals surface area contributed by atoms with Crippen LogP contribution in [-0.2, 0) is 10.0 Å². The average molecular weight is 776 g/mol. The fourth-order valence-corrected chi connectivity index (χ4v) is 9.59. The van der Waals surface area contributed by atoms with Crippen LogP contribution < -0.4 is 15.1 Å². The number of amides is 1. The summed E-state index contributed by atoms with van der Waals surface area (Å²) in [6, 6.07) is 19.0. The summed E-state index contributed by atoms with van der Waals surface area (Å²) < 4.78 is 35.3. The monoisotopic (exact) mass is 775 g/mol. The molecule has 7 rings (SSSR count). The van der Waals surface area contributed by atoms with E-state index < -0.39 is 15.9 Å². The van der Waals surface area contributed by atoms with Crippen molar-refractivity contribution >= 4 is 63.1 Å². The topological polar surface area (TPSA) is 98.8 Å². The number of rotatable bonds is 9. The molecule has 0 unspecified atom stereocenters. The van der Waals surface area contributed by atoms with E-state index in [9.17, 15) is 13.2 Å². The Balaban J connectivity index is 1.15. The van der Waals surface area contributed by atoms with Crippen molar-refractivity contribution in [1.29, 1.82) is 0 Å². The van der Waals surface area contributed by atoms with E-state index in [1.54, 1.807) is 45.3 Å². The fourth-order valence-electron chi connectivity index (χ4n) is 7.87. The second kappa shape index (κ2) is 15.2. The van der Waals surface area contributed by atoms with Gasteiger partial charge in [0.05, 0.1) is 16.7 Å². The number of pyridine rings is 1. The van der Waals surface area contributed by atoms with Gasteiger partial charge in [0.15, 0.2) is 0 Å². The van der Waals surface area contributed by atoms with E-state index in [1.165, 1.54) is 23.8 Å². The van der Waals surface area contributed by atoms with Crippen LogP contribution in [0.25, 0.3) is 16.6 Å². The fraction of sp³-hybridized carbons (Fsp3) is 0.349. The molecule has 284 valence electrons. The number of anilines is 1. The molecule has 1 fully saturated rings. The minimum Gasteiger partial charge on any atom is -0.455 e. The number of nitrogens with zero attached hydrogens (tertiary/aromatic N) is 4. The van der Waals surface area contributed by atoms with E-state index >= 15 is 0 Å². The van der Waals surface area contributed by atoms with Crippen LogP contribution in [0, 0.1) is 26.2 Å². The Kier molecular flexibility index (Phi) is 10.7. The van der Waals surface area contributed by atoms with Gasteiger partial charge in [-0.1, -0.05) is 60.2 Å². The van der Waals surface area contributed by atoms with Crippen LogP contribution in [0.3, 0.4) is 0 Å². The number of carbonyl (C=O) groups excluding carboxylic acids is 1. The number of nitrogens with one attached hydrogen (secondary N) is 1. The van der Waals surface area contributed by atoms with Gasteiger partial charge in [0, 0.05) is 68.1 Å². The quantitative estimate of drug-likeness (QED) is 0.152. The standard InChI is InChI=1S/C43H47BClN5O4S/c1-27-21-38(44)28(2)29(3)40(27)55(52,53)48(6)42(51)36-12-11-34(23-39(36)54-35-22-31-14-16-46-41(31)47-25-35)50-19-17-49(18-20-50)26-32-13-15-43(4,5)24-37(32)30-7-9-33(45)10-8-30/h7-12,14,16,21-23,25H,13,15,17-20,24,26H2,1-6H3,(H,46,47). The summed E-state index contributed by atoms with van der Waals surface area (Å²) in [5.74, 6) is -0.0427. The van der Waals surface area contributed by atoms with Gasteiger partial charge in [-0.25, -0.2) is 17.7 Å². The van der Waals surface area contributed by atoms with Crippen molar-refractivity contribution in [3.63, 3.8) is 0 Å². The maximum absolute atomic E-state index is 14.2. The summed E-state index contributed by atoms with van der Waals surface area (Å²) in [6.07, 6.45) is 6.66. The van der Waals surface area contributed by atoms with Crippen LogP contribution in [0.2, 0.25) is 5.02 Å². The smallest absolute Gasteiger partial charge is 0.271 e. The van der Waals surface area contributed by atoms with Crippen LogP contribution in [-0.4, -0.2) is 81.1 Å². The lowest BCUT2D eigenvalue weighted by molar-refractivity contribution is 0.0880. The molecule has 55 heavy (non-hydrogen) atoms. The molecule has 9 nitrogen and oxygen atoms in total. The Labute approximate surface area is 330 Å². The normalized spacial score (nSPS) is 16.5. The van der Waals surface area contributed by atoms with Gasteiger partial charge in [-0.15, -0.1) is 0 Å². The van der Waals surface area contributed by atoms with Crippen molar-refractivity contribution in [3.8, 4) is 11.5 Å². The van der Waals surface area contributed by atoms with E-state index in [4.69, 9.17) is 24.2 Å². The van der Waals surface area contributed by atoms with E-state index in [1.807, 2.05) is 36.4 Å². The van der Waals surface area contributed by atoms with Crippen molar-refractivity contribution in [2.45, 2.75) is 58.8 Å². The lowest BCUT2D eigenvalue weighted by Crippen LogP contribution is -2.47. The van der Waals surface area contributed by atoms with Gasteiger partial charge in [0.25, 0.3) is 15.9 Å². The minimum atomic E-state index is -4.25. The van der Waals surface area contributed by atoms with Crippen LogP contribution in [0.5, 0.6) is 11.5 Å². The highest BCUT2D eigenvalue weighted by atomic mass is 35.5. The molecular formula is C43H47BClN5O4S. The van der Waals surface area contributed by atoms with Crippen molar-refractivity contribution < 1.29 is 17.9 Å². The summed E-state index contributed by atoms with van der Waals surface area (Å²) in [5, 5.41) is 1.59. The average Bonchev–Trinajstić information content (AvgIpc) is 3.63. The second-order valence-electron chi connectivity index (χ2n) is 15.7. The van der Waals surface area contributed by atoms with Crippen LogP contribution in [0.4, 0.5) is 5.69 Å². The van der Waals surface area contributed by atoms with Crippen LogP contribution in [0.1, 0.15) is 65.7 Å². The van der Waals surface area contributed by atoms with Crippen LogP contribution >= 0.6 is 11.6 Å². The molecule has 1 saturated heterocycles. The molecule has 2 aliphatic rings. The first kappa shape index (κ1) is 38.7. The maximum atomic E-state index is 14.2. The number of halogens is 1. The highest BCUT2D eigenvalue weighted by molar-refractivity contribution is 7.89. The van der Waals surface area contributed by atoms with Gasteiger partial charge in [-0.3, -0.25) is 9.69 Å². The zero-order chi connectivity index (χ0) is 39.2.